The van der Waals surface area contributed by atoms with E-state index >= 15 is 0 Å². The highest BCUT2D eigenvalue weighted by Gasteiger charge is 2.13. The van der Waals surface area contributed by atoms with Crippen LogP contribution in [0.25, 0.3) is 11.3 Å². The lowest BCUT2D eigenvalue weighted by Gasteiger charge is -2.09. The van der Waals surface area contributed by atoms with Gasteiger partial charge in [-0.2, -0.15) is 10.4 Å². The lowest BCUT2D eigenvalue weighted by atomic mass is 10.1. The molecule has 0 saturated carbocycles. The molecular weight excluding hydrogens is 457 g/mol. The molecule has 34 heavy (non-hydrogen) atoms. The molecule has 3 aromatic carbocycles. The quantitative estimate of drug-likeness (QED) is 0.286. The summed E-state index contributed by atoms with van der Waals surface area (Å²) in [4.78, 5) is 19.1. The summed E-state index contributed by atoms with van der Waals surface area (Å²) < 4.78 is 19.6. The number of hydrazone groups is 1. The molecule has 4 aromatic rings. The van der Waals surface area contributed by atoms with Crippen molar-refractivity contribution >= 4 is 23.8 Å². The molecule has 0 saturated heterocycles. The van der Waals surface area contributed by atoms with E-state index in [1.807, 2.05) is 12.1 Å². The molecule has 9 heteroatoms. The average Bonchev–Trinajstić information content (AvgIpc) is 2.84. The van der Waals surface area contributed by atoms with Gasteiger partial charge in [0.15, 0.2) is 0 Å². The topological polar surface area (TPSA) is 103 Å². The van der Waals surface area contributed by atoms with Crippen LogP contribution < -0.4 is 15.7 Å². The Morgan fingerprint density at radius 1 is 1.15 bits per heavy atom. The summed E-state index contributed by atoms with van der Waals surface area (Å²) in [5.41, 5.74) is 3.87. The fourth-order valence-corrected chi connectivity index (χ4v) is 3.33. The van der Waals surface area contributed by atoms with Crippen LogP contribution in [0, 0.1) is 17.1 Å². The van der Waals surface area contributed by atoms with E-state index in [-0.39, 0.29) is 29.4 Å². The van der Waals surface area contributed by atoms with Crippen LogP contribution in [0.4, 0.5) is 10.3 Å². The highest BCUT2D eigenvalue weighted by atomic mass is 35.5. The summed E-state index contributed by atoms with van der Waals surface area (Å²) in [6.07, 6.45) is 1.50. The largest absolute Gasteiger partial charge is 0.489 e. The van der Waals surface area contributed by atoms with Crippen LogP contribution in [0.15, 0.2) is 82.7 Å². The smallest absolute Gasteiger partial charge is 0.270 e. The zero-order chi connectivity index (χ0) is 23.9. The monoisotopic (exact) mass is 473 g/mol. The van der Waals surface area contributed by atoms with E-state index in [9.17, 15) is 14.4 Å². The molecule has 1 aromatic heterocycles. The van der Waals surface area contributed by atoms with Gasteiger partial charge in [0, 0.05) is 11.1 Å². The SMILES string of the molecule is N#Cc1c(-c2ccccc2)nc(NN=Cc2cccc(OCc3c(F)cccc3Cl)c2)[nH]c1=O. The van der Waals surface area contributed by atoms with Crippen LogP contribution in [0.5, 0.6) is 5.75 Å². The minimum atomic E-state index is -0.573. The Balaban J connectivity index is 1.48. The molecule has 0 aliphatic carbocycles. The molecule has 0 unspecified atom stereocenters. The van der Waals surface area contributed by atoms with Crippen molar-refractivity contribution in [2.24, 2.45) is 5.10 Å². The molecule has 7 nitrogen and oxygen atoms in total. The van der Waals surface area contributed by atoms with Gasteiger partial charge in [0.05, 0.1) is 16.9 Å². The zero-order valence-corrected chi connectivity index (χ0v) is 18.4. The van der Waals surface area contributed by atoms with E-state index in [4.69, 9.17) is 16.3 Å². The first-order chi connectivity index (χ1) is 16.5. The minimum Gasteiger partial charge on any atom is -0.489 e. The number of aromatic amines is 1. The Morgan fingerprint density at radius 2 is 1.94 bits per heavy atom. The van der Waals surface area contributed by atoms with E-state index in [0.29, 0.717) is 21.9 Å². The van der Waals surface area contributed by atoms with Gasteiger partial charge in [-0.1, -0.05) is 60.1 Å². The van der Waals surface area contributed by atoms with Gasteiger partial charge in [-0.3, -0.25) is 9.78 Å². The highest BCUT2D eigenvalue weighted by Crippen LogP contribution is 2.22. The molecule has 1 heterocycles. The molecule has 0 bridgehead atoms. The number of benzene rings is 3. The number of hydrogen-bond acceptors (Lipinski definition) is 6. The van der Waals surface area contributed by atoms with Gasteiger partial charge in [0.1, 0.15) is 29.8 Å². The second kappa shape index (κ2) is 10.4. The van der Waals surface area contributed by atoms with Crippen molar-refractivity contribution in [2.45, 2.75) is 6.61 Å². The minimum absolute atomic E-state index is 0.0248. The average molecular weight is 474 g/mol. The number of hydrogen-bond donors (Lipinski definition) is 2. The summed E-state index contributed by atoms with van der Waals surface area (Å²) in [6.45, 7) is -0.0248. The first kappa shape index (κ1) is 22.7. The maximum Gasteiger partial charge on any atom is 0.270 e. The first-order valence-corrected chi connectivity index (χ1v) is 10.5. The molecule has 168 valence electrons. The third-order valence-corrected chi connectivity index (χ3v) is 5.12. The fourth-order valence-electron chi connectivity index (χ4n) is 3.11. The lowest BCUT2D eigenvalue weighted by molar-refractivity contribution is 0.300. The molecular formula is C25H17ClFN5O2. The normalized spacial score (nSPS) is 10.7. The van der Waals surface area contributed by atoms with Crippen molar-refractivity contribution in [3.63, 3.8) is 0 Å². The Bertz CT molecular complexity index is 1430. The van der Waals surface area contributed by atoms with Crippen LogP contribution >= 0.6 is 11.6 Å². The van der Waals surface area contributed by atoms with Crippen molar-refractivity contribution in [2.75, 3.05) is 5.43 Å². The van der Waals surface area contributed by atoms with Gasteiger partial charge in [-0.15, -0.1) is 0 Å². The summed E-state index contributed by atoms with van der Waals surface area (Å²) in [7, 11) is 0. The highest BCUT2D eigenvalue weighted by molar-refractivity contribution is 6.31. The maximum absolute atomic E-state index is 13.9. The van der Waals surface area contributed by atoms with E-state index < -0.39 is 11.4 Å². The van der Waals surface area contributed by atoms with Crippen molar-refractivity contribution in [1.82, 2.24) is 9.97 Å². The molecule has 0 atom stereocenters. The van der Waals surface area contributed by atoms with Crippen molar-refractivity contribution < 1.29 is 9.13 Å². The lowest BCUT2D eigenvalue weighted by Crippen LogP contribution is -2.16. The number of nitrogens with zero attached hydrogens (tertiary/aromatic N) is 3. The number of nitriles is 1. The number of aromatic nitrogens is 2. The molecule has 0 aliphatic heterocycles. The Kier molecular flexibility index (Phi) is 6.96. The number of ether oxygens (including phenoxy) is 1. The molecule has 2 N–H and O–H groups in total. The molecule has 0 aliphatic rings. The van der Waals surface area contributed by atoms with E-state index in [1.165, 1.54) is 18.3 Å². The molecule has 4 rings (SSSR count). The summed E-state index contributed by atoms with van der Waals surface area (Å²) >= 11 is 6.04. The second-order valence-corrected chi connectivity index (χ2v) is 7.45. The van der Waals surface area contributed by atoms with Crippen molar-refractivity contribution in [3.8, 4) is 23.1 Å². The van der Waals surface area contributed by atoms with E-state index in [0.717, 1.165) is 0 Å². The van der Waals surface area contributed by atoms with Gasteiger partial charge in [-0.05, 0) is 29.8 Å². The molecule has 0 radical (unpaired) electrons. The predicted molar refractivity (Wildman–Crippen MR) is 128 cm³/mol. The Morgan fingerprint density at radius 3 is 2.71 bits per heavy atom. The fraction of sp³-hybridized carbons (Fsp3) is 0.0400. The summed E-state index contributed by atoms with van der Waals surface area (Å²) in [5.74, 6) is 0.147. The van der Waals surface area contributed by atoms with Gasteiger partial charge in [0.25, 0.3) is 5.56 Å². The van der Waals surface area contributed by atoms with E-state index in [2.05, 4.69) is 20.5 Å². The number of anilines is 1. The Labute approximate surface area is 199 Å². The second-order valence-electron chi connectivity index (χ2n) is 7.05. The van der Waals surface area contributed by atoms with Crippen molar-refractivity contribution in [3.05, 3.63) is 111 Å². The predicted octanol–water partition coefficient (Wildman–Crippen LogP) is 5.13. The van der Waals surface area contributed by atoms with Crippen LogP contribution in [0.1, 0.15) is 16.7 Å². The van der Waals surface area contributed by atoms with Crippen LogP contribution in [-0.2, 0) is 6.61 Å². The molecule has 0 amide bonds. The maximum atomic E-state index is 13.9. The van der Waals surface area contributed by atoms with E-state index in [1.54, 1.807) is 54.6 Å². The number of rotatable bonds is 7. The summed E-state index contributed by atoms with van der Waals surface area (Å²) in [6, 6.07) is 22.3. The number of halogens is 2. The third kappa shape index (κ3) is 5.28. The molecule has 0 fully saturated rings. The van der Waals surface area contributed by atoms with Gasteiger partial charge in [0.2, 0.25) is 5.95 Å². The standard InChI is InChI=1S/C25H17ClFN5O2/c26-21-10-5-11-22(27)20(21)15-34-18-9-4-6-16(12-18)14-29-32-25-30-23(17-7-2-1-3-8-17)19(13-28)24(33)31-25/h1-12,14H,15H2,(H2,30,31,32,33). The van der Waals surface area contributed by atoms with Crippen LogP contribution in [-0.4, -0.2) is 16.2 Å². The Hall–Kier alpha value is -4.48. The van der Waals surface area contributed by atoms with Crippen LogP contribution in [0.3, 0.4) is 0 Å². The van der Waals surface area contributed by atoms with Crippen LogP contribution in [0.2, 0.25) is 5.02 Å². The summed E-state index contributed by atoms with van der Waals surface area (Å²) in [5, 5.41) is 13.7. The number of nitrogens with one attached hydrogen (secondary N) is 2. The van der Waals surface area contributed by atoms with Crippen molar-refractivity contribution in [1.29, 1.82) is 5.26 Å². The number of H-pyrrole nitrogens is 1. The molecule has 0 spiro atoms. The zero-order valence-electron chi connectivity index (χ0n) is 17.6. The van der Waals surface area contributed by atoms with Gasteiger partial charge in [-0.25, -0.2) is 14.8 Å². The first-order valence-electron chi connectivity index (χ1n) is 10.1. The van der Waals surface area contributed by atoms with Gasteiger partial charge >= 0.3 is 0 Å². The van der Waals surface area contributed by atoms with Gasteiger partial charge < -0.3 is 4.74 Å². The third-order valence-electron chi connectivity index (χ3n) is 4.77.